The van der Waals surface area contributed by atoms with Crippen LogP contribution < -0.4 is 5.32 Å². The highest BCUT2D eigenvalue weighted by molar-refractivity contribution is 7.89. The second-order valence-corrected chi connectivity index (χ2v) is 9.11. The molecule has 1 aromatic heterocycles. The molecule has 0 unspecified atom stereocenters. The summed E-state index contributed by atoms with van der Waals surface area (Å²) in [6.07, 6.45) is 2.21. The minimum Gasteiger partial charge on any atom is -0.464 e. The number of carbonyl (C=O) groups excluding carboxylic acids is 3. The van der Waals surface area contributed by atoms with E-state index in [0.29, 0.717) is 24.1 Å². The third kappa shape index (κ3) is 4.68. The Morgan fingerprint density at radius 2 is 1.84 bits per heavy atom. The van der Waals surface area contributed by atoms with E-state index in [4.69, 9.17) is 4.74 Å². The number of carbonyl (C=O) groups is 3. The molecule has 2 heterocycles. The maximum absolute atomic E-state index is 13.2. The minimum atomic E-state index is -4.01. The molecule has 0 saturated carbocycles. The lowest BCUT2D eigenvalue weighted by Gasteiger charge is -2.23. The minimum absolute atomic E-state index is 0.0844. The number of aryl methyl sites for hydroxylation is 1. The van der Waals surface area contributed by atoms with Gasteiger partial charge in [0.1, 0.15) is 16.6 Å². The molecule has 1 aliphatic heterocycles. The van der Waals surface area contributed by atoms with Crippen molar-refractivity contribution in [1.29, 1.82) is 0 Å². The van der Waals surface area contributed by atoms with Crippen LogP contribution in [0.4, 0.5) is 5.69 Å². The van der Waals surface area contributed by atoms with Gasteiger partial charge in [0.05, 0.1) is 19.3 Å². The number of rotatable bonds is 7. The summed E-state index contributed by atoms with van der Waals surface area (Å²) in [6, 6.07) is 6.49. The molecule has 10 nitrogen and oxygen atoms in total. The average molecular weight is 464 g/mol. The van der Waals surface area contributed by atoms with E-state index >= 15 is 0 Å². The number of esters is 2. The summed E-state index contributed by atoms with van der Waals surface area (Å²) in [4.78, 5) is 36.4. The summed E-state index contributed by atoms with van der Waals surface area (Å²) in [5, 5.41) is 2.70. The number of benzene rings is 1. The van der Waals surface area contributed by atoms with Crippen molar-refractivity contribution >= 4 is 33.6 Å². The van der Waals surface area contributed by atoms with E-state index in [9.17, 15) is 22.8 Å². The van der Waals surface area contributed by atoms with E-state index < -0.39 is 33.9 Å². The van der Waals surface area contributed by atoms with Crippen LogP contribution in [0, 0.1) is 0 Å². The molecule has 0 aliphatic carbocycles. The van der Waals surface area contributed by atoms with Crippen LogP contribution in [0.15, 0.2) is 41.4 Å². The van der Waals surface area contributed by atoms with Crippen LogP contribution in [0.1, 0.15) is 40.6 Å². The van der Waals surface area contributed by atoms with Crippen molar-refractivity contribution < 1.29 is 32.3 Å². The van der Waals surface area contributed by atoms with E-state index in [1.165, 1.54) is 36.1 Å². The van der Waals surface area contributed by atoms with Gasteiger partial charge >= 0.3 is 11.9 Å². The predicted molar refractivity (Wildman–Crippen MR) is 115 cm³/mol. The summed E-state index contributed by atoms with van der Waals surface area (Å²) >= 11 is 0. The normalized spacial score (nSPS) is 16.5. The maximum Gasteiger partial charge on any atom is 0.354 e. The number of methoxy groups -OCH3 is 1. The monoisotopic (exact) mass is 463 g/mol. The summed E-state index contributed by atoms with van der Waals surface area (Å²) in [7, 11) is -1.26. The molecule has 1 amide bonds. The third-order valence-corrected chi connectivity index (χ3v) is 7.02. The third-order valence-electron chi connectivity index (χ3n) is 5.15. The zero-order valence-electron chi connectivity index (χ0n) is 18.0. The molecule has 0 radical (unpaired) electrons. The van der Waals surface area contributed by atoms with Crippen LogP contribution >= 0.6 is 0 Å². The number of nitrogens with one attached hydrogen (secondary N) is 1. The molecule has 0 bridgehead atoms. The van der Waals surface area contributed by atoms with Crippen LogP contribution in [-0.4, -0.2) is 61.4 Å². The fourth-order valence-electron chi connectivity index (χ4n) is 3.54. The molecule has 172 valence electrons. The first-order chi connectivity index (χ1) is 15.2. The van der Waals surface area contributed by atoms with Crippen molar-refractivity contribution in [1.82, 2.24) is 8.87 Å². The molecule has 1 atom stereocenters. The van der Waals surface area contributed by atoms with Gasteiger partial charge in [-0.25, -0.2) is 18.0 Å². The predicted octanol–water partition coefficient (Wildman–Crippen LogP) is 1.78. The molecule has 2 aromatic rings. The van der Waals surface area contributed by atoms with E-state index in [1.54, 1.807) is 26.1 Å². The zero-order chi connectivity index (χ0) is 23.5. The van der Waals surface area contributed by atoms with Crippen molar-refractivity contribution in [2.24, 2.45) is 7.05 Å². The summed E-state index contributed by atoms with van der Waals surface area (Å²) in [6.45, 7) is 2.15. The number of amides is 1. The Bertz CT molecular complexity index is 1120. The van der Waals surface area contributed by atoms with Crippen LogP contribution in [0.5, 0.6) is 0 Å². The van der Waals surface area contributed by atoms with Gasteiger partial charge in [-0.15, -0.1) is 0 Å². The molecule has 32 heavy (non-hydrogen) atoms. The highest BCUT2D eigenvalue weighted by Crippen LogP contribution is 2.28. The van der Waals surface area contributed by atoms with Crippen LogP contribution in [0.3, 0.4) is 0 Å². The van der Waals surface area contributed by atoms with Crippen molar-refractivity contribution in [2.45, 2.75) is 30.7 Å². The molecular weight excluding hydrogens is 438 g/mol. The summed E-state index contributed by atoms with van der Waals surface area (Å²) < 4.78 is 38.5. The van der Waals surface area contributed by atoms with E-state index in [1.807, 2.05) is 0 Å². The Balaban J connectivity index is 1.76. The van der Waals surface area contributed by atoms with Crippen molar-refractivity contribution in [3.63, 3.8) is 0 Å². The Labute approximate surface area is 186 Å². The standard InChI is InChI=1S/C21H25N3O7S/c1-4-31-20(26)14-7-9-15(10-8-14)22-19(25)17-6-5-11-24(17)32(28,29)16-12-18(21(27)30-3)23(2)13-16/h7-10,12-13,17H,4-6,11H2,1-3H3,(H,22,25)/t17-/m0/s1. The first kappa shape index (κ1) is 23.5. The Kier molecular flexibility index (Phi) is 6.99. The van der Waals surface area contributed by atoms with Gasteiger partial charge in [0.2, 0.25) is 15.9 Å². The van der Waals surface area contributed by atoms with Gasteiger partial charge in [0.15, 0.2) is 0 Å². The van der Waals surface area contributed by atoms with Crippen molar-refractivity contribution in [2.75, 3.05) is 25.6 Å². The smallest absolute Gasteiger partial charge is 0.354 e. The van der Waals surface area contributed by atoms with Gasteiger partial charge in [-0.2, -0.15) is 4.31 Å². The number of anilines is 1. The van der Waals surface area contributed by atoms with Gasteiger partial charge in [0.25, 0.3) is 0 Å². The highest BCUT2D eigenvalue weighted by atomic mass is 32.2. The molecule has 1 N–H and O–H groups in total. The van der Waals surface area contributed by atoms with Gasteiger partial charge < -0.3 is 19.4 Å². The van der Waals surface area contributed by atoms with Gasteiger partial charge in [-0.05, 0) is 50.1 Å². The van der Waals surface area contributed by atoms with Gasteiger partial charge in [-0.3, -0.25) is 4.79 Å². The van der Waals surface area contributed by atoms with E-state index in [-0.39, 0.29) is 23.7 Å². The highest BCUT2D eigenvalue weighted by Gasteiger charge is 2.40. The second-order valence-electron chi connectivity index (χ2n) is 7.22. The SMILES string of the molecule is CCOC(=O)c1ccc(NC(=O)[C@@H]2CCCN2S(=O)(=O)c2cc(C(=O)OC)n(C)c2)cc1. The fraction of sp³-hybridized carbons (Fsp3) is 0.381. The Morgan fingerprint density at radius 1 is 1.16 bits per heavy atom. The molecule has 1 fully saturated rings. The number of hydrogen-bond donors (Lipinski definition) is 1. The lowest BCUT2D eigenvalue weighted by molar-refractivity contribution is -0.119. The number of hydrogen-bond acceptors (Lipinski definition) is 7. The van der Waals surface area contributed by atoms with Crippen LogP contribution in [0.25, 0.3) is 0 Å². The van der Waals surface area contributed by atoms with Gasteiger partial charge in [-0.1, -0.05) is 0 Å². The molecule has 11 heteroatoms. The number of nitrogens with zero attached hydrogens (tertiary/aromatic N) is 2. The number of sulfonamides is 1. The lowest BCUT2D eigenvalue weighted by atomic mass is 10.2. The fourth-order valence-corrected chi connectivity index (χ4v) is 5.27. The topological polar surface area (TPSA) is 124 Å². The lowest BCUT2D eigenvalue weighted by Crippen LogP contribution is -2.43. The molecule has 1 aromatic carbocycles. The van der Waals surface area contributed by atoms with Crippen LogP contribution in [-0.2, 0) is 31.3 Å². The van der Waals surface area contributed by atoms with Gasteiger partial charge in [0, 0.05) is 25.5 Å². The second kappa shape index (κ2) is 9.53. The number of aromatic nitrogens is 1. The average Bonchev–Trinajstić information content (AvgIpc) is 3.42. The molecule has 1 saturated heterocycles. The molecule has 1 aliphatic rings. The van der Waals surface area contributed by atoms with Crippen LogP contribution in [0.2, 0.25) is 0 Å². The van der Waals surface area contributed by atoms with E-state index in [2.05, 4.69) is 10.1 Å². The molecular formula is C21H25N3O7S. The zero-order valence-corrected chi connectivity index (χ0v) is 18.8. The largest absolute Gasteiger partial charge is 0.464 e. The molecule has 3 rings (SSSR count). The summed E-state index contributed by atoms with van der Waals surface area (Å²) in [5.41, 5.74) is 0.869. The van der Waals surface area contributed by atoms with Crippen molar-refractivity contribution in [3.8, 4) is 0 Å². The van der Waals surface area contributed by atoms with Crippen molar-refractivity contribution in [3.05, 3.63) is 47.8 Å². The summed E-state index contributed by atoms with van der Waals surface area (Å²) in [5.74, 6) is -1.59. The molecule has 0 spiro atoms. The van der Waals surface area contributed by atoms with E-state index in [0.717, 1.165) is 4.31 Å². The Hall–Kier alpha value is -3.18. The number of ether oxygens (including phenoxy) is 2. The maximum atomic E-state index is 13.2. The Morgan fingerprint density at radius 3 is 2.47 bits per heavy atom. The first-order valence-corrected chi connectivity index (χ1v) is 11.5. The quantitative estimate of drug-likeness (QED) is 0.621. The first-order valence-electron chi connectivity index (χ1n) is 10.0.